The first kappa shape index (κ1) is 8.86. The van der Waals surface area contributed by atoms with Crippen LogP contribution < -0.4 is 5.32 Å². The van der Waals surface area contributed by atoms with Crippen LogP contribution in [-0.2, 0) is 0 Å². The van der Waals surface area contributed by atoms with Crippen molar-refractivity contribution < 1.29 is 0 Å². The topological polar surface area (TPSA) is 24.9 Å². The SMILES string of the molecule is C=Cc1cncc(C2=C[C@H]3CN[C@H]3C2)c1. The van der Waals surface area contributed by atoms with Gasteiger partial charge in [0, 0.05) is 30.9 Å². The molecule has 1 aromatic heterocycles. The Balaban J connectivity index is 1.92. The molecule has 2 nitrogen and oxygen atoms in total. The van der Waals surface area contributed by atoms with Crippen molar-refractivity contribution in [3.8, 4) is 0 Å². The Bertz CT molecular complexity index is 434. The molecule has 1 aromatic rings. The summed E-state index contributed by atoms with van der Waals surface area (Å²) in [6, 6.07) is 2.85. The smallest absolute Gasteiger partial charge is 0.0343 e. The van der Waals surface area contributed by atoms with E-state index in [1.807, 2.05) is 18.5 Å². The van der Waals surface area contributed by atoms with Gasteiger partial charge in [-0.05, 0) is 29.2 Å². The van der Waals surface area contributed by atoms with Gasteiger partial charge in [-0.3, -0.25) is 4.98 Å². The van der Waals surface area contributed by atoms with E-state index in [4.69, 9.17) is 0 Å². The number of hydrogen-bond donors (Lipinski definition) is 1. The summed E-state index contributed by atoms with van der Waals surface area (Å²) in [5, 5.41) is 3.44. The van der Waals surface area contributed by atoms with Crippen LogP contribution in [0.1, 0.15) is 17.5 Å². The molecule has 0 amide bonds. The van der Waals surface area contributed by atoms with Gasteiger partial charge in [-0.2, -0.15) is 0 Å². The van der Waals surface area contributed by atoms with E-state index in [-0.39, 0.29) is 0 Å². The van der Waals surface area contributed by atoms with Crippen molar-refractivity contribution in [2.24, 2.45) is 5.92 Å². The minimum Gasteiger partial charge on any atom is -0.312 e. The molecule has 0 radical (unpaired) electrons. The molecule has 2 heterocycles. The highest BCUT2D eigenvalue weighted by molar-refractivity contribution is 5.70. The van der Waals surface area contributed by atoms with E-state index < -0.39 is 0 Å². The van der Waals surface area contributed by atoms with Gasteiger partial charge < -0.3 is 5.32 Å². The maximum atomic E-state index is 4.24. The molecule has 1 N–H and O–H groups in total. The van der Waals surface area contributed by atoms with Crippen molar-refractivity contribution in [1.29, 1.82) is 0 Å². The summed E-state index contributed by atoms with van der Waals surface area (Å²) in [6.07, 6.45) is 9.18. The lowest BCUT2D eigenvalue weighted by atomic mass is 9.95. The normalized spacial score (nSPS) is 27.9. The highest BCUT2D eigenvalue weighted by Gasteiger charge is 2.34. The van der Waals surface area contributed by atoms with E-state index in [2.05, 4.69) is 29.0 Å². The lowest BCUT2D eigenvalue weighted by Crippen LogP contribution is -2.49. The predicted molar refractivity (Wildman–Crippen MR) is 62.2 cm³/mol. The van der Waals surface area contributed by atoms with Crippen molar-refractivity contribution in [2.45, 2.75) is 12.5 Å². The summed E-state index contributed by atoms with van der Waals surface area (Å²) in [7, 11) is 0. The Kier molecular flexibility index (Phi) is 1.96. The fourth-order valence-corrected chi connectivity index (χ4v) is 2.34. The lowest BCUT2D eigenvalue weighted by Gasteiger charge is -2.31. The Hall–Kier alpha value is -1.41. The van der Waals surface area contributed by atoms with Crippen LogP contribution in [0, 0.1) is 5.92 Å². The third-order valence-corrected chi connectivity index (χ3v) is 3.35. The molecule has 2 atom stereocenters. The van der Waals surface area contributed by atoms with Gasteiger partial charge >= 0.3 is 0 Å². The number of nitrogens with zero attached hydrogens (tertiary/aromatic N) is 1. The summed E-state index contributed by atoms with van der Waals surface area (Å²) >= 11 is 0. The van der Waals surface area contributed by atoms with Crippen LogP contribution in [0.2, 0.25) is 0 Å². The summed E-state index contributed by atoms with van der Waals surface area (Å²) in [4.78, 5) is 4.24. The van der Waals surface area contributed by atoms with Crippen molar-refractivity contribution >= 4 is 11.6 Å². The van der Waals surface area contributed by atoms with E-state index in [9.17, 15) is 0 Å². The second-order valence-electron chi connectivity index (χ2n) is 4.29. The zero-order chi connectivity index (χ0) is 10.3. The zero-order valence-electron chi connectivity index (χ0n) is 8.61. The summed E-state index contributed by atoms with van der Waals surface area (Å²) in [5.41, 5.74) is 3.79. The molecule has 0 saturated carbocycles. The van der Waals surface area contributed by atoms with E-state index in [1.54, 1.807) is 0 Å². The fourth-order valence-electron chi connectivity index (χ4n) is 2.34. The number of rotatable bonds is 2. The van der Waals surface area contributed by atoms with Crippen molar-refractivity contribution in [3.05, 3.63) is 42.2 Å². The molecule has 0 unspecified atom stereocenters. The van der Waals surface area contributed by atoms with Crippen molar-refractivity contribution in [1.82, 2.24) is 10.3 Å². The lowest BCUT2D eigenvalue weighted by molar-refractivity contribution is 0.306. The predicted octanol–water partition coefficient (Wildman–Crippen LogP) is 2.10. The van der Waals surface area contributed by atoms with Crippen LogP contribution in [0.3, 0.4) is 0 Å². The maximum absolute atomic E-state index is 4.24. The molecule has 0 aromatic carbocycles. The molecule has 1 saturated heterocycles. The maximum Gasteiger partial charge on any atom is 0.0343 e. The molecule has 3 rings (SSSR count). The molecule has 0 bridgehead atoms. The van der Waals surface area contributed by atoms with E-state index >= 15 is 0 Å². The quantitative estimate of drug-likeness (QED) is 0.787. The molecule has 2 aliphatic rings. The van der Waals surface area contributed by atoms with Crippen molar-refractivity contribution in [3.63, 3.8) is 0 Å². The van der Waals surface area contributed by atoms with Gasteiger partial charge in [0.05, 0.1) is 0 Å². The Morgan fingerprint density at radius 2 is 2.40 bits per heavy atom. The fraction of sp³-hybridized carbons (Fsp3) is 0.308. The molecule has 1 aliphatic heterocycles. The highest BCUT2D eigenvalue weighted by Crippen LogP contribution is 2.35. The summed E-state index contributed by atoms with van der Waals surface area (Å²) < 4.78 is 0. The molecule has 0 spiro atoms. The Labute approximate surface area is 89.7 Å². The molecule has 76 valence electrons. The Morgan fingerprint density at radius 1 is 1.47 bits per heavy atom. The van der Waals surface area contributed by atoms with Gasteiger partial charge in [-0.15, -0.1) is 0 Å². The first-order chi connectivity index (χ1) is 7.36. The zero-order valence-corrected chi connectivity index (χ0v) is 8.61. The number of hydrogen-bond acceptors (Lipinski definition) is 2. The number of nitrogens with one attached hydrogen (secondary N) is 1. The molecule has 1 aliphatic carbocycles. The standard InChI is InChI=1S/C13H14N2/c1-2-9-3-11(7-14-6-9)10-4-12-8-15-13(12)5-10/h2-4,6-7,12-13,15H,1,5,8H2/t12-,13-/m0/s1. The average molecular weight is 198 g/mol. The third kappa shape index (κ3) is 1.41. The third-order valence-electron chi connectivity index (χ3n) is 3.35. The first-order valence-electron chi connectivity index (χ1n) is 5.39. The van der Waals surface area contributed by atoms with Gasteiger partial charge in [0.1, 0.15) is 0 Å². The largest absolute Gasteiger partial charge is 0.312 e. The monoisotopic (exact) mass is 198 g/mol. The number of aromatic nitrogens is 1. The van der Waals surface area contributed by atoms with Gasteiger partial charge in [0.25, 0.3) is 0 Å². The first-order valence-corrected chi connectivity index (χ1v) is 5.39. The van der Waals surface area contributed by atoms with Crippen molar-refractivity contribution in [2.75, 3.05) is 6.54 Å². The second kappa shape index (κ2) is 3.31. The number of fused-ring (bicyclic) bond motifs is 1. The van der Waals surface area contributed by atoms with Crippen LogP contribution in [0.4, 0.5) is 0 Å². The van der Waals surface area contributed by atoms with Gasteiger partial charge in [-0.25, -0.2) is 0 Å². The van der Waals surface area contributed by atoms with Crippen LogP contribution >= 0.6 is 0 Å². The van der Waals surface area contributed by atoms with E-state index in [0.29, 0.717) is 6.04 Å². The molecule has 2 heteroatoms. The molecule has 15 heavy (non-hydrogen) atoms. The van der Waals surface area contributed by atoms with Gasteiger partial charge in [-0.1, -0.05) is 18.7 Å². The van der Waals surface area contributed by atoms with E-state index in [0.717, 1.165) is 24.4 Å². The highest BCUT2D eigenvalue weighted by atomic mass is 15.0. The van der Waals surface area contributed by atoms with Crippen LogP contribution in [0.25, 0.3) is 11.6 Å². The molecular formula is C13H14N2. The minimum absolute atomic E-state index is 0.687. The van der Waals surface area contributed by atoms with Gasteiger partial charge in [0.2, 0.25) is 0 Å². The molecular weight excluding hydrogens is 184 g/mol. The second-order valence-corrected chi connectivity index (χ2v) is 4.29. The van der Waals surface area contributed by atoms with Crippen LogP contribution in [0.5, 0.6) is 0 Å². The molecule has 1 fully saturated rings. The van der Waals surface area contributed by atoms with Crippen LogP contribution in [-0.4, -0.2) is 17.6 Å². The number of pyridine rings is 1. The summed E-state index contributed by atoms with van der Waals surface area (Å²) in [5.74, 6) is 0.757. The summed E-state index contributed by atoms with van der Waals surface area (Å²) in [6.45, 7) is 4.91. The van der Waals surface area contributed by atoms with Crippen LogP contribution in [0.15, 0.2) is 31.1 Å². The van der Waals surface area contributed by atoms with Gasteiger partial charge in [0.15, 0.2) is 0 Å². The minimum atomic E-state index is 0.687. The van der Waals surface area contributed by atoms with E-state index in [1.165, 1.54) is 11.1 Å². The Morgan fingerprint density at radius 3 is 3.00 bits per heavy atom. The average Bonchev–Trinajstić information content (AvgIpc) is 2.55.